The predicted octanol–water partition coefficient (Wildman–Crippen LogP) is 2.73. The van der Waals surface area contributed by atoms with Gasteiger partial charge in [0.15, 0.2) is 0 Å². The minimum atomic E-state index is -0.0768. The molecule has 2 N–H and O–H groups in total. The zero-order chi connectivity index (χ0) is 13.0. The molecule has 0 amide bonds. The molecule has 1 saturated heterocycles. The number of hydrogen-bond donors (Lipinski definition) is 1. The van der Waals surface area contributed by atoms with Crippen molar-refractivity contribution in [2.75, 3.05) is 19.8 Å². The van der Waals surface area contributed by atoms with Gasteiger partial charge in [-0.3, -0.25) is 0 Å². The van der Waals surface area contributed by atoms with E-state index in [0.717, 1.165) is 45.0 Å². The molecule has 0 aromatic heterocycles. The molecule has 0 radical (unpaired) electrons. The first-order chi connectivity index (χ1) is 8.68. The molecule has 2 rings (SSSR count). The summed E-state index contributed by atoms with van der Waals surface area (Å²) in [5.74, 6) is 1.31. The van der Waals surface area contributed by atoms with Crippen LogP contribution in [0.2, 0.25) is 0 Å². The normalized spacial score (nSPS) is 39.5. The van der Waals surface area contributed by atoms with Gasteiger partial charge in [-0.25, -0.2) is 0 Å². The van der Waals surface area contributed by atoms with Crippen molar-refractivity contribution < 1.29 is 9.47 Å². The van der Waals surface area contributed by atoms with Gasteiger partial charge in [0.05, 0.1) is 12.2 Å². The molecular formula is C15H29NO2. The summed E-state index contributed by atoms with van der Waals surface area (Å²) in [7, 11) is 0. The summed E-state index contributed by atoms with van der Waals surface area (Å²) in [6.07, 6.45) is 7.10. The predicted molar refractivity (Wildman–Crippen MR) is 73.5 cm³/mol. The largest absolute Gasteiger partial charge is 0.381 e. The summed E-state index contributed by atoms with van der Waals surface area (Å²) >= 11 is 0. The quantitative estimate of drug-likeness (QED) is 0.840. The van der Waals surface area contributed by atoms with Gasteiger partial charge >= 0.3 is 0 Å². The Morgan fingerprint density at radius 1 is 1.33 bits per heavy atom. The lowest BCUT2D eigenvalue weighted by Crippen LogP contribution is -2.57. The van der Waals surface area contributed by atoms with Crippen molar-refractivity contribution in [3.8, 4) is 0 Å². The maximum atomic E-state index is 6.58. The molecule has 3 nitrogen and oxygen atoms in total. The van der Waals surface area contributed by atoms with Crippen LogP contribution in [-0.2, 0) is 9.47 Å². The van der Waals surface area contributed by atoms with E-state index in [4.69, 9.17) is 15.2 Å². The average molecular weight is 255 g/mol. The van der Waals surface area contributed by atoms with E-state index in [1.54, 1.807) is 0 Å². The van der Waals surface area contributed by atoms with E-state index in [0.29, 0.717) is 5.92 Å². The molecule has 18 heavy (non-hydrogen) atoms. The third-order valence-electron chi connectivity index (χ3n) is 4.86. The maximum absolute atomic E-state index is 6.58. The van der Waals surface area contributed by atoms with Crippen molar-refractivity contribution in [1.82, 2.24) is 0 Å². The Morgan fingerprint density at radius 3 is 2.61 bits per heavy atom. The number of rotatable bonds is 4. The molecule has 3 heteroatoms. The van der Waals surface area contributed by atoms with Crippen LogP contribution in [-0.4, -0.2) is 31.5 Å². The molecule has 2 atom stereocenters. The lowest BCUT2D eigenvalue weighted by molar-refractivity contribution is -0.112. The first-order valence-electron chi connectivity index (χ1n) is 7.65. The van der Waals surface area contributed by atoms with Crippen molar-refractivity contribution in [3.05, 3.63) is 0 Å². The molecule has 1 aliphatic heterocycles. The van der Waals surface area contributed by atoms with Crippen molar-refractivity contribution in [2.45, 2.75) is 64.0 Å². The Morgan fingerprint density at radius 2 is 2.06 bits per heavy atom. The first kappa shape index (κ1) is 14.3. The van der Waals surface area contributed by atoms with Gasteiger partial charge in [-0.1, -0.05) is 6.92 Å². The second kappa shape index (κ2) is 6.36. The highest BCUT2D eigenvalue weighted by Gasteiger charge is 2.43. The summed E-state index contributed by atoms with van der Waals surface area (Å²) in [6.45, 7) is 6.93. The summed E-state index contributed by atoms with van der Waals surface area (Å²) in [5.41, 5.74) is 6.51. The molecule has 1 aliphatic carbocycles. The van der Waals surface area contributed by atoms with Gasteiger partial charge in [0.2, 0.25) is 0 Å². The monoisotopic (exact) mass is 255 g/mol. The Hall–Kier alpha value is -0.120. The lowest BCUT2D eigenvalue weighted by atomic mass is 9.71. The third kappa shape index (κ3) is 3.06. The molecule has 2 aliphatic rings. The number of ether oxygens (including phenoxy) is 2. The van der Waals surface area contributed by atoms with Crippen molar-refractivity contribution >= 4 is 0 Å². The molecule has 0 aromatic carbocycles. The molecule has 0 bridgehead atoms. The van der Waals surface area contributed by atoms with E-state index in [1.165, 1.54) is 19.3 Å². The van der Waals surface area contributed by atoms with E-state index in [1.807, 2.05) is 0 Å². The van der Waals surface area contributed by atoms with Crippen LogP contribution in [0.15, 0.2) is 0 Å². The molecule has 0 spiro atoms. The van der Waals surface area contributed by atoms with Crippen LogP contribution in [0, 0.1) is 11.8 Å². The Kier molecular flexibility index (Phi) is 5.05. The zero-order valence-electron chi connectivity index (χ0n) is 12.0. The Labute approximate surface area is 111 Å². The van der Waals surface area contributed by atoms with Gasteiger partial charge in [0, 0.05) is 25.2 Å². The topological polar surface area (TPSA) is 44.5 Å². The second-order valence-corrected chi connectivity index (χ2v) is 6.18. The van der Waals surface area contributed by atoms with Gasteiger partial charge in [-0.05, 0) is 51.4 Å². The first-order valence-corrected chi connectivity index (χ1v) is 7.65. The van der Waals surface area contributed by atoms with Crippen LogP contribution in [0.3, 0.4) is 0 Å². The highest BCUT2D eigenvalue weighted by Crippen LogP contribution is 2.39. The minimum Gasteiger partial charge on any atom is -0.381 e. The fraction of sp³-hybridized carbons (Fsp3) is 1.00. The molecule has 0 aromatic rings. The van der Waals surface area contributed by atoms with Crippen LogP contribution < -0.4 is 5.73 Å². The standard InChI is InChI=1S/C15H29NO2/c1-3-18-15(8-6-12(2)7-9-15)14(16)13-5-4-10-17-11-13/h12-14H,3-11,16H2,1-2H3. The van der Waals surface area contributed by atoms with Gasteiger partial charge in [0.25, 0.3) is 0 Å². The summed E-state index contributed by atoms with van der Waals surface area (Å²) in [6, 6.07) is 0.144. The molecule has 2 unspecified atom stereocenters. The molecular weight excluding hydrogens is 226 g/mol. The van der Waals surface area contributed by atoms with Crippen molar-refractivity contribution in [2.24, 2.45) is 17.6 Å². The highest BCUT2D eigenvalue weighted by atomic mass is 16.5. The lowest BCUT2D eigenvalue weighted by Gasteiger charge is -2.46. The van der Waals surface area contributed by atoms with E-state index < -0.39 is 0 Å². The van der Waals surface area contributed by atoms with E-state index in [-0.39, 0.29) is 11.6 Å². The van der Waals surface area contributed by atoms with Gasteiger partial charge in [0.1, 0.15) is 0 Å². The van der Waals surface area contributed by atoms with Crippen molar-refractivity contribution in [3.63, 3.8) is 0 Å². The van der Waals surface area contributed by atoms with E-state index in [2.05, 4.69) is 13.8 Å². The SMILES string of the molecule is CCOC1(C(N)C2CCCOC2)CCC(C)CC1. The fourth-order valence-corrected chi connectivity index (χ4v) is 3.59. The van der Waals surface area contributed by atoms with Crippen LogP contribution in [0.4, 0.5) is 0 Å². The molecule has 1 heterocycles. The van der Waals surface area contributed by atoms with E-state index in [9.17, 15) is 0 Å². The van der Waals surface area contributed by atoms with Gasteiger partial charge < -0.3 is 15.2 Å². The smallest absolute Gasteiger partial charge is 0.0836 e. The van der Waals surface area contributed by atoms with Crippen molar-refractivity contribution in [1.29, 1.82) is 0 Å². The third-order valence-corrected chi connectivity index (χ3v) is 4.86. The average Bonchev–Trinajstić information content (AvgIpc) is 2.42. The minimum absolute atomic E-state index is 0.0768. The van der Waals surface area contributed by atoms with Gasteiger partial charge in [-0.2, -0.15) is 0 Å². The maximum Gasteiger partial charge on any atom is 0.0836 e. The van der Waals surface area contributed by atoms with Crippen LogP contribution in [0.1, 0.15) is 52.4 Å². The number of hydrogen-bond acceptors (Lipinski definition) is 3. The fourth-order valence-electron chi connectivity index (χ4n) is 3.59. The van der Waals surface area contributed by atoms with E-state index >= 15 is 0 Å². The Bertz CT molecular complexity index is 243. The summed E-state index contributed by atoms with van der Waals surface area (Å²) in [5, 5.41) is 0. The zero-order valence-corrected chi connectivity index (χ0v) is 12.0. The Balaban J connectivity index is 2.03. The summed E-state index contributed by atoms with van der Waals surface area (Å²) in [4.78, 5) is 0. The highest BCUT2D eigenvalue weighted by molar-refractivity contribution is 4.98. The number of nitrogens with two attached hydrogens (primary N) is 1. The van der Waals surface area contributed by atoms with Crippen LogP contribution >= 0.6 is 0 Å². The molecule has 1 saturated carbocycles. The molecule has 106 valence electrons. The summed E-state index contributed by atoms with van der Waals surface area (Å²) < 4.78 is 11.8. The van der Waals surface area contributed by atoms with Gasteiger partial charge in [-0.15, -0.1) is 0 Å². The second-order valence-electron chi connectivity index (χ2n) is 6.18. The van der Waals surface area contributed by atoms with Crippen LogP contribution in [0.25, 0.3) is 0 Å². The van der Waals surface area contributed by atoms with Crippen LogP contribution in [0.5, 0.6) is 0 Å². The molecule has 2 fully saturated rings.